The van der Waals surface area contributed by atoms with Gasteiger partial charge in [-0.1, -0.05) is 19.9 Å². The second kappa shape index (κ2) is 3.74. The summed E-state index contributed by atoms with van der Waals surface area (Å²) in [5, 5.41) is 9.19. The minimum absolute atomic E-state index is 0.0896. The lowest BCUT2D eigenvalue weighted by Gasteiger charge is -2.21. The third-order valence-corrected chi connectivity index (χ3v) is 2.55. The lowest BCUT2D eigenvalue weighted by Crippen LogP contribution is -2.19. The molecule has 0 unspecified atom stereocenters. The van der Waals surface area contributed by atoms with Crippen LogP contribution in [0.15, 0.2) is 18.2 Å². The Morgan fingerprint density at radius 1 is 1.27 bits per heavy atom. The van der Waals surface area contributed by atoms with E-state index in [9.17, 15) is 5.11 Å². The van der Waals surface area contributed by atoms with Crippen LogP contribution in [0.25, 0.3) is 0 Å². The van der Waals surface area contributed by atoms with Crippen molar-refractivity contribution >= 4 is 0 Å². The Morgan fingerprint density at radius 2 is 2.00 bits per heavy atom. The molecule has 0 saturated heterocycles. The van der Waals surface area contributed by atoms with Gasteiger partial charge in [0, 0.05) is 6.61 Å². The molecule has 2 rings (SSSR count). The fourth-order valence-corrected chi connectivity index (χ4v) is 1.66. The van der Waals surface area contributed by atoms with E-state index in [1.54, 1.807) is 0 Å². The molecule has 0 amide bonds. The fourth-order valence-electron chi connectivity index (χ4n) is 1.66. The maximum absolute atomic E-state index is 9.19. The molecule has 0 radical (unpaired) electrons. The maximum Gasteiger partial charge on any atom is 0.231 e. The lowest BCUT2D eigenvalue weighted by molar-refractivity contribution is 0.159. The smallest absolute Gasteiger partial charge is 0.231 e. The van der Waals surface area contributed by atoms with E-state index in [1.165, 1.54) is 5.56 Å². The van der Waals surface area contributed by atoms with E-state index in [0.29, 0.717) is 6.79 Å². The van der Waals surface area contributed by atoms with Gasteiger partial charge < -0.3 is 14.6 Å². The van der Waals surface area contributed by atoms with Crippen LogP contribution in [0.1, 0.15) is 19.4 Å². The monoisotopic (exact) mass is 208 g/mol. The number of benzene rings is 1. The van der Waals surface area contributed by atoms with Crippen LogP contribution in [0.5, 0.6) is 11.5 Å². The first-order valence-corrected chi connectivity index (χ1v) is 5.10. The largest absolute Gasteiger partial charge is 0.454 e. The summed E-state index contributed by atoms with van der Waals surface area (Å²) in [6, 6.07) is 5.93. The molecule has 1 aromatic carbocycles. The van der Waals surface area contributed by atoms with Crippen LogP contribution in [-0.2, 0) is 6.42 Å². The zero-order valence-electron chi connectivity index (χ0n) is 9.12. The van der Waals surface area contributed by atoms with Crippen LogP contribution in [0.2, 0.25) is 0 Å². The first kappa shape index (κ1) is 10.3. The highest BCUT2D eigenvalue weighted by atomic mass is 16.7. The summed E-state index contributed by atoms with van der Waals surface area (Å²) in [6.07, 6.45) is 0.833. The number of aliphatic hydroxyl groups excluding tert-OH is 1. The minimum Gasteiger partial charge on any atom is -0.454 e. The Balaban J connectivity index is 2.17. The van der Waals surface area contributed by atoms with Gasteiger partial charge >= 0.3 is 0 Å². The summed E-state index contributed by atoms with van der Waals surface area (Å²) in [6.45, 7) is 4.57. The Kier molecular flexibility index (Phi) is 2.57. The summed E-state index contributed by atoms with van der Waals surface area (Å²) < 4.78 is 10.5. The SMILES string of the molecule is CC(C)(CO)Cc1ccc2c(c1)OCO2. The van der Waals surface area contributed by atoms with Gasteiger partial charge in [0.15, 0.2) is 11.5 Å². The summed E-state index contributed by atoms with van der Waals surface area (Å²) in [5.74, 6) is 1.61. The lowest BCUT2D eigenvalue weighted by atomic mass is 9.87. The summed E-state index contributed by atoms with van der Waals surface area (Å²) in [7, 11) is 0. The molecule has 1 N–H and O–H groups in total. The molecular formula is C12H16O3. The van der Waals surface area contributed by atoms with Gasteiger partial charge in [-0.15, -0.1) is 0 Å². The molecule has 0 fully saturated rings. The van der Waals surface area contributed by atoms with Crippen LogP contribution in [0.3, 0.4) is 0 Å². The van der Waals surface area contributed by atoms with Crippen molar-refractivity contribution in [3.63, 3.8) is 0 Å². The minimum atomic E-state index is -0.0896. The summed E-state index contributed by atoms with van der Waals surface area (Å²) >= 11 is 0. The van der Waals surface area contributed by atoms with E-state index in [2.05, 4.69) is 0 Å². The van der Waals surface area contributed by atoms with Gasteiger partial charge in [0.25, 0.3) is 0 Å². The normalized spacial score (nSPS) is 14.3. The molecule has 1 aromatic rings. The van der Waals surface area contributed by atoms with Crippen molar-refractivity contribution in [3.8, 4) is 11.5 Å². The number of fused-ring (bicyclic) bond motifs is 1. The number of rotatable bonds is 3. The highest BCUT2D eigenvalue weighted by molar-refractivity contribution is 5.44. The second-order valence-electron chi connectivity index (χ2n) is 4.69. The summed E-state index contributed by atoms with van der Waals surface area (Å²) in [4.78, 5) is 0. The molecule has 1 aliphatic heterocycles. The van der Waals surface area contributed by atoms with E-state index in [0.717, 1.165) is 17.9 Å². The van der Waals surface area contributed by atoms with E-state index >= 15 is 0 Å². The molecule has 1 heterocycles. The van der Waals surface area contributed by atoms with Crippen molar-refractivity contribution in [1.82, 2.24) is 0 Å². The molecule has 0 saturated carbocycles. The van der Waals surface area contributed by atoms with E-state index in [4.69, 9.17) is 9.47 Å². The molecule has 0 bridgehead atoms. The molecule has 0 aromatic heterocycles. The summed E-state index contributed by atoms with van der Waals surface area (Å²) in [5.41, 5.74) is 1.08. The first-order valence-electron chi connectivity index (χ1n) is 5.10. The van der Waals surface area contributed by atoms with Crippen LogP contribution >= 0.6 is 0 Å². The third kappa shape index (κ3) is 2.23. The molecule has 0 aliphatic carbocycles. The van der Waals surface area contributed by atoms with Crippen LogP contribution < -0.4 is 9.47 Å². The average molecular weight is 208 g/mol. The van der Waals surface area contributed by atoms with Crippen molar-refractivity contribution in [2.45, 2.75) is 20.3 Å². The standard InChI is InChI=1S/C12H16O3/c1-12(2,7-13)6-9-3-4-10-11(5-9)15-8-14-10/h3-5,13H,6-8H2,1-2H3. The fraction of sp³-hybridized carbons (Fsp3) is 0.500. The topological polar surface area (TPSA) is 38.7 Å². The van der Waals surface area contributed by atoms with Gasteiger partial charge in [0.05, 0.1) is 0 Å². The number of hydrogen-bond donors (Lipinski definition) is 1. The van der Waals surface area contributed by atoms with Crippen molar-refractivity contribution in [1.29, 1.82) is 0 Å². The van der Waals surface area contributed by atoms with Crippen molar-refractivity contribution in [2.75, 3.05) is 13.4 Å². The van der Waals surface area contributed by atoms with E-state index < -0.39 is 0 Å². The average Bonchev–Trinajstić information content (AvgIpc) is 2.64. The molecule has 1 aliphatic rings. The molecular weight excluding hydrogens is 192 g/mol. The zero-order chi connectivity index (χ0) is 10.9. The van der Waals surface area contributed by atoms with Crippen LogP contribution in [0, 0.1) is 5.41 Å². The Hall–Kier alpha value is -1.22. The van der Waals surface area contributed by atoms with Gasteiger partial charge in [0.2, 0.25) is 6.79 Å². The predicted octanol–water partition coefficient (Wildman–Crippen LogP) is 1.98. The van der Waals surface area contributed by atoms with Crippen molar-refractivity contribution < 1.29 is 14.6 Å². The highest BCUT2D eigenvalue weighted by Gasteiger charge is 2.19. The van der Waals surface area contributed by atoms with Crippen LogP contribution in [-0.4, -0.2) is 18.5 Å². The Morgan fingerprint density at radius 3 is 2.73 bits per heavy atom. The molecule has 3 nitrogen and oxygen atoms in total. The second-order valence-corrected chi connectivity index (χ2v) is 4.69. The van der Waals surface area contributed by atoms with Gasteiger partial charge in [-0.3, -0.25) is 0 Å². The molecule has 15 heavy (non-hydrogen) atoms. The van der Waals surface area contributed by atoms with Crippen molar-refractivity contribution in [2.24, 2.45) is 5.41 Å². The molecule has 3 heteroatoms. The van der Waals surface area contributed by atoms with Gasteiger partial charge in [-0.2, -0.15) is 0 Å². The van der Waals surface area contributed by atoms with Gasteiger partial charge in [-0.05, 0) is 29.5 Å². The molecule has 0 atom stereocenters. The quantitative estimate of drug-likeness (QED) is 0.825. The number of hydrogen-bond acceptors (Lipinski definition) is 3. The third-order valence-electron chi connectivity index (χ3n) is 2.55. The predicted molar refractivity (Wildman–Crippen MR) is 57.1 cm³/mol. The Labute approximate surface area is 89.6 Å². The zero-order valence-corrected chi connectivity index (χ0v) is 9.12. The van der Waals surface area contributed by atoms with Gasteiger partial charge in [0.1, 0.15) is 0 Å². The van der Waals surface area contributed by atoms with E-state index in [1.807, 2.05) is 32.0 Å². The number of ether oxygens (including phenoxy) is 2. The van der Waals surface area contributed by atoms with Gasteiger partial charge in [-0.25, -0.2) is 0 Å². The first-order chi connectivity index (χ1) is 7.11. The molecule has 82 valence electrons. The maximum atomic E-state index is 9.19. The van der Waals surface area contributed by atoms with Crippen molar-refractivity contribution in [3.05, 3.63) is 23.8 Å². The Bertz CT molecular complexity index is 358. The van der Waals surface area contributed by atoms with Crippen LogP contribution in [0.4, 0.5) is 0 Å². The number of aliphatic hydroxyl groups is 1. The highest BCUT2D eigenvalue weighted by Crippen LogP contribution is 2.34. The molecule has 0 spiro atoms. The van der Waals surface area contributed by atoms with E-state index in [-0.39, 0.29) is 12.0 Å².